The van der Waals surface area contributed by atoms with Crippen LogP contribution >= 0.6 is 0 Å². The van der Waals surface area contributed by atoms with Gasteiger partial charge in [0.2, 0.25) is 0 Å². The SMILES string of the molecule is COC1(C(N)Cc2ccc3ccccc3n2)CCOCC1. The first-order chi connectivity index (χ1) is 10.2. The number of fused-ring (bicyclic) bond motifs is 1. The first-order valence-electron chi connectivity index (χ1n) is 7.47. The van der Waals surface area contributed by atoms with Crippen LogP contribution in [0.3, 0.4) is 0 Å². The smallest absolute Gasteiger partial charge is 0.0876 e. The summed E-state index contributed by atoms with van der Waals surface area (Å²) >= 11 is 0. The molecule has 0 radical (unpaired) electrons. The van der Waals surface area contributed by atoms with Crippen molar-refractivity contribution in [3.05, 3.63) is 42.1 Å². The van der Waals surface area contributed by atoms with Crippen molar-refractivity contribution in [3.63, 3.8) is 0 Å². The van der Waals surface area contributed by atoms with Crippen LogP contribution in [-0.4, -0.2) is 37.0 Å². The predicted octanol–water partition coefficient (Wildman–Crippen LogP) is 2.30. The lowest BCUT2D eigenvalue weighted by Gasteiger charge is -2.40. The van der Waals surface area contributed by atoms with Crippen LogP contribution in [0.2, 0.25) is 0 Å². The normalized spacial score (nSPS) is 19.5. The van der Waals surface area contributed by atoms with Gasteiger partial charge in [0.25, 0.3) is 0 Å². The molecule has 1 aromatic heterocycles. The summed E-state index contributed by atoms with van der Waals surface area (Å²) in [5.41, 5.74) is 8.20. The molecular formula is C17H22N2O2. The second-order valence-corrected chi connectivity index (χ2v) is 5.69. The summed E-state index contributed by atoms with van der Waals surface area (Å²) in [7, 11) is 1.75. The van der Waals surface area contributed by atoms with Crippen LogP contribution in [0.15, 0.2) is 36.4 Å². The van der Waals surface area contributed by atoms with Gasteiger partial charge in [-0.2, -0.15) is 0 Å². The Bertz CT molecular complexity index is 609. The van der Waals surface area contributed by atoms with Gasteiger partial charge in [-0.25, -0.2) is 0 Å². The van der Waals surface area contributed by atoms with Crippen LogP contribution < -0.4 is 5.73 Å². The number of ether oxygens (including phenoxy) is 2. The minimum Gasteiger partial charge on any atom is -0.381 e. The molecule has 2 aromatic rings. The van der Waals surface area contributed by atoms with E-state index >= 15 is 0 Å². The van der Waals surface area contributed by atoms with E-state index in [0.717, 1.165) is 35.9 Å². The Morgan fingerprint density at radius 1 is 1.24 bits per heavy atom. The summed E-state index contributed by atoms with van der Waals surface area (Å²) in [6, 6.07) is 12.2. The van der Waals surface area contributed by atoms with E-state index in [9.17, 15) is 0 Å². The lowest BCUT2D eigenvalue weighted by molar-refractivity contribution is -0.103. The molecule has 1 fully saturated rings. The van der Waals surface area contributed by atoms with Crippen LogP contribution in [0, 0.1) is 0 Å². The highest BCUT2D eigenvalue weighted by atomic mass is 16.5. The highest BCUT2D eigenvalue weighted by Crippen LogP contribution is 2.29. The van der Waals surface area contributed by atoms with Gasteiger partial charge in [-0.05, 0) is 12.1 Å². The van der Waals surface area contributed by atoms with Crippen LogP contribution in [-0.2, 0) is 15.9 Å². The third-order valence-corrected chi connectivity index (χ3v) is 4.51. The molecule has 2 N–H and O–H groups in total. The van der Waals surface area contributed by atoms with Gasteiger partial charge in [0.05, 0.1) is 11.1 Å². The van der Waals surface area contributed by atoms with Crippen LogP contribution in [0.4, 0.5) is 0 Å². The minimum atomic E-state index is -0.286. The topological polar surface area (TPSA) is 57.4 Å². The van der Waals surface area contributed by atoms with E-state index in [4.69, 9.17) is 20.2 Å². The molecule has 112 valence electrons. The predicted molar refractivity (Wildman–Crippen MR) is 83.2 cm³/mol. The van der Waals surface area contributed by atoms with E-state index in [-0.39, 0.29) is 11.6 Å². The summed E-state index contributed by atoms with van der Waals surface area (Å²) in [5.74, 6) is 0. The molecule has 1 unspecified atom stereocenters. The summed E-state index contributed by atoms with van der Waals surface area (Å²) < 4.78 is 11.2. The zero-order valence-corrected chi connectivity index (χ0v) is 12.4. The third kappa shape index (κ3) is 2.93. The van der Waals surface area contributed by atoms with Crippen molar-refractivity contribution >= 4 is 10.9 Å². The number of aromatic nitrogens is 1. The summed E-state index contributed by atoms with van der Waals surface area (Å²) in [6.07, 6.45) is 2.41. The largest absolute Gasteiger partial charge is 0.381 e. The average Bonchev–Trinajstić information content (AvgIpc) is 2.55. The molecular weight excluding hydrogens is 264 g/mol. The maximum Gasteiger partial charge on any atom is 0.0876 e. The standard InChI is InChI=1S/C17H22N2O2/c1-20-17(8-10-21-11-9-17)16(18)12-14-7-6-13-4-2-3-5-15(13)19-14/h2-7,16H,8-12,18H2,1H3. The van der Waals surface area contributed by atoms with E-state index in [1.54, 1.807) is 7.11 Å². The molecule has 0 amide bonds. The van der Waals surface area contributed by atoms with E-state index in [0.29, 0.717) is 13.2 Å². The number of methoxy groups -OCH3 is 1. The summed E-state index contributed by atoms with van der Waals surface area (Å²) in [5, 5.41) is 1.15. The monoisotopic (exact) mass is 286 g/mol. The van der Waals surface area contributed by atoms with Gasteiger partial charge in [-0.15, -0.1) is 0 Å². The number of hydrogen-bond donors (Lipinski definition) is 1. The van der Waals surface area contributed by atoms with E-state index in [1.807, 2.05) is 18.2 Å². The number of nitrogens with two attached hydrogens (primary N) is 1. The van der Waals surface area contributed by atoms with Crippen molar-refractivity contribution in [1.82, 2.24) is 4.98 Å². The number of nitrogens with zero attached hydrogens (tertiary/aromatic N) is 1. The minimum absolute atomic E-state index is 0.0694. The molecule has 1 saturated heterocycles. The van der Waals surface area contributed by atoms with Crippen molar-refractivity contribution in [2.24, 2.45) is 5.73 Å². The van der Waals surface area contributed by atoms with Gasteiger partial charge < -0.3 is 15.2 Å². The Morgan fingerprint density at radius 2 is 2.00 bits per heavy atom. The maximum atomic E-state index is 6.45. The lowest BCUT2D eigenvalue weighted by Crippen LogP contribution is -2.54. The van der Waals surface area contributed by atoms with Crippen molar-refractivity contribution < 1.29 is 9.47 Å². The second kappa shape index (κ2) is 6.10. The van der Waals surface area contributed by atoms with Gasteiger partial charge in [0, 0.05) is 56.7 Å². The first-order valence-corrected chi connectivity index (χ1v) is 7.47. The van der Waals surface area contributed by atoms with E-state index in [2.05, 4.69) is 18.2 Å². The number of para-hydroxylation sites is 1. The van der Waals surface area contributed by atoms with E-state index < -0.39 is 0 Å². The average molecular weight is 286 g/mol. The quantitative estimate of drug-likeness (QED) is 0.937. The van der Waals surface area contributed by atoms with Gasteiger partial charge in [-0.3, -0.25) is 4.98 Å². The zero-order chi connectivity index (χ0) is 14.7. The summed E-state index contributed by atoms with van der Waals surface area (Å²) in [4.78, 5) is 4.71. The Kier molecular flexibility index (Phi) is 4.19. The van der Waals surface area contributed by atoms with Crippen molar-refractivity contribution in [1.29, 1.82) is 0 Å². The molecule has 1 aromatic carbocycles. The Labute approximate surface area is 125 Å². The molecule has 1 aliphatic heterocycles. The molecule has 21 heavy (non-hydrogen) atoms. The van der Waals surface area contributed by atoms with Crippen molar-refractivity contribution in [2.75, 3.05) is 20.3 Å². The van der Waals surface area contributed by atoms with Gasteiger partial charge >= 0.3 is 0 Å². The second-order valence-electron chi connectivity index (χ2n) is 5.69. The maximum absolute atomic E-state index is 6.45. The van der Waals surface area contributed by atoms with Crippen LogP contribution in [0.25, 0.3) is 10.9 Å². The molecule has 3 rings (SSSR count). The highest BCUT2D eigenvalue weighted by molar-refractivity contribution is 5.78. The molecule has 1 atom stereocenters. The van der Waals surface area contributed by atoms with Gasteiger partial charge in [0.1, 0.15) is 0 Å². The molecule has 0 aliphatic carbocycles. The Hall–Kier alpha value is -1.49. The molecule has 1 aliphatic rings. The number of rotatable bonds is 4. The molecule has 0 spiro atoms. The zero-order valence-electron chi connectivity index (χ0n) is 12.4. The fraction of sp³-hybridized carbons (Fsp3) is 0.471. The molecule has 0 bridgehead atoms. The van der Waals surface area contributed by atoms with Crippen LogP contribution in [0.5, 0.6) is 0 Å². The molecule has 4 heteroatoms. The third-order valence-electron chi connectivity index (χ3n) is 4.51. The van der Waals surface area contributed by atoms with Crippen molar-refractivity contribution in [2.45, 2.75) is 30.9 Å². The van der Waals surface area contributed by atoms with Crippen LogP contribution in [0.1, 0.15) is 18.5 Å². The molecule has 2 heterocycles. The molecule has 0 saturated carbocycles. The van der Waals surface area contributed by atoms with E-state index in [1.165, 1.54) is 0 Å². The van der Waals surface area contributed by atoms with Gasteiger partial charge in [0.15, 0.2) is 0 Å². The Balaban J connectivity index is 1.80. The first kappa shape index (κ1) is 14.4. The fourth-order valence-electron chi connectivity index (χ4n) is 3.08. The highest BCUT2D eigenvalue weighted by Gasteiger charge is 2.38. The van der Waals surface area contributed by atoms with Crippen molar-refractivity contribution in [3.8, 4) is 0 Å². The number of benzene rings is 1. The lowest BCUT2D eigenvalue weighted by atomic mass is 9.84. The Morgan fingerprint density at radius 3 is 2.76 bits per heavy atom. The number of pyridine rings is 1. The molecule has 4 nitrogen and oxygen atoms in total. The fourth-order valence-corrected chi connectivity index (χ4v) is 3.08. The summed E-state index contributed by atoms with van der Waals surface area (Å²) in [6.45, 7) is 1.43. The van der Waals surface area contributed by atoms with Gasteiger partial charge in [-0.1, -0.05) is 24.3 Å². The number of hydrogen-bond acceptors (Lipinski definition) is 4.